The van der Waals surface area contributed by atoms with Crippen molar-refractivity contribution >= 4 is 27.5 Å². The number of carbonyl (C=O) groups is 2. The quantitative estimate of drug-likeness (QED) is 0.519. The molecule has 2 amide bonds. The molecule has 2 atom stereocenters. The van der Waals surface area contributed by atoms with Crippen molar-refractivity contribution in [1.82, 2.24) is 10.2 Å². The van der Waals surface area contributed by atoms with E-state index in [-0.39, 0.29) is 24.2 Å². The van der Waals surface area contributed by atoms with Crippen LogP contribution in [0, 0.1) is 5.82 Å². The third-order valence-corrected chi connectivity index (χ3v) is 6.59. The summed E-state index contributed by atoms with van der Waals surface area (Å²) >= 11 is 0. The molecule has 10 heteroatoms. The number of nitrogens with one attached hydrogen (secondary N) is 1. The van der Waals surface area contributed by atoms with Gasteiger partial charge in [-0.05, 0) is 62.2 Å². The normalized spacial score (nSPS) is 13.0. The predicted octanol–water partition coefficient (Wildman–Crippen LogP) is 2.93. The van der Waals surface area contributed by atoms with Crippen molar-refractivity contribution in [3.8, 4) is 5.75 Å². The van der Waals surface area contributed by atoms with E-state index < -0.39 is 34.3 Å². The molecule has 0 spiro atoms. The van der Waals surface area contributed by atoms with Gasteiger partial charge in [0.15, 0.2) is 0 Å². The number of halogens is 1. The van der Waals surface area contributed by atoms with Crippen LogP contribution in [0.1, 0.15) is 32.8 Å². The van der Waals surface area contributed by atoms with Gasteiger partial charge in [0.2, 0.25) is 21.8 Å². The van der Waals surface area contributed by atoms with Crippen molar-refractivity contribution in [3.05, 3.63) is 59.9 Å². The van der Waals surface area contributed by atoms with E-state index in [2.05, 4.69) is 5.32 Å². The molecule has 186 valence electrons. The van der Waals surface area contributed by atoms with E-state index >= 15 is 0 Å². The molecule has 34 heavy (non-hydrogen) atoms. The van der Waals surface area contributed by atoms with Crippen LogP contribution in [0.4, 0.5) is 10.1 Å². The van der Waals surface area contributed by atoms with E-state index in [0.29, 0.717) is 17.7 Å². The van der Waals surface area contributed by atoms with E-state index in [0.717, 1.165) is 22.7 Å². The molecular formula is C24H32FN3O5S. The molecule has 0 aliphatic heterocycles. The highest BCUT2D eigenvalue weighted by Gasteiger charge is 2.30. The zero-order chi connectivity index (χ0) is 25.5. The Hall–Kier alpha value is -3.14. The number of carbonyl (C=O) groups excluding carboxylic acids is 2. The highest BCUT2D eigenvalue weighted by atomic mass is 32.2. The smallest absolute Gasteiger partial charge is 0.244 e. The lowest BCUT2D eigenvalue weighted by Crippen LogP contribution is -2.52. The van der Waals surface area contributed by atoms with Crippen LogP contribution in [0.5, 0.6) is 5.75 Å². The van der Waals surface area contributed by atoms with Crippen molar-refractivity contribution in [2.75, 3.05) is 24.2 Å². The van der Waals surface area contributed by atoms with Crippen LogP contribution in [0.15, 0.2) is 48.5 Å². The van der Waals surface area contributed by atoms with Gasteiger partial charge in [0.05, 0.1) is 19.1 Å². The molecule has 0 saturated heterocycles. The van der Waals surface area contributed by atoms with Gasteiger partial charge in [-0.2, -0.15) is 0 Å². The molecule has 0 aliphatic carbocycles. The highest BCUT2D eigenvalue weighted by Crippen LogP contribution is 2.20. The van der Waals surface area contributed by atoms with Gasteiger partial charge in [-0.3, -0.25) is 13.9 Å². The Morgan fingerprint density at radius 3 is 2.32 bits per heavy atom. The molecule has 1 N–H and O–H groups in total. The van der Waals surface area contributed by atoms with E-state index in [4.69, 9.17) is 4.74 Å². The van der Waals surface area contributed by atoms with Gasteiger partial charge in [0.25, 0.3) is 0 Å². The summed E-state index contributed by atoms with van der Waals surface area (Å²) < 4.78 is 44.5. The molecule has 2 rings (SSSR count). The van der Waals surface area contributed by atoms with Crippen LogP contribution in [-0.2, 0) is 26.2 Å². The number of ether oxygens (including phenoxy) is 1. The minimum absolute atomic E-state index is 0.0617. The fourth-order valence-corrected chi connectivity index (χ4v) is 4.09. The van der Waals surface area contributed by atoms with E-state index in [9.17, 15) is 22.4 Å². The zero-order valence-corrected chi connectivity index (χ0v) is 20.9. The monoisotopic (exact) mass is 493 g/mol. The Kier molecular flexibility index (Phi) is 9.43. The average molecular weight is 494 g/mol. The lowest BCUT2D eigenvalue weighted by molar-refractivity contribution is -0.139. The summed E-state index contributed by atoms with van der Waals surface area (Å²) in [6, 6.07) is 10.9. The summed E-state index contributed by atoms with van der Waals surface area (Å²) in [5.41, 5.74) is 0.860. The van der Waals surface area contributed by atoms with Crippen molar-refractivity contribution in [1.29, 1.82) is 0 Å². The van der Waals surface area contributed by atoms with Gasteiger partial charge in [-0.25, -0.2) is 12.8 Å². The highest BCUT2D eigenvalue weighted by molar-refractivity contribution is 7.92. The first kappa shape index (κ1) is 27.1. The average Bonchev–Trinajstić information content (AvgIpc) is 2.80. The van der Waals surface area contributed by atoms with E-state index in [1.54, 1.807) is 31.2 Å². The molecule has 2 aromatic rings. The Bertz CT molecular complexity index is 1090. The van der Waals surface area contributed by atoms with Gasteiger partial charge in [-0.1, -0.05) is 19.1 Å². The molecular weight excluding hydrogens is 461 g/mol. The van der Waals surface area contributed by atoms with Gasteiger partial charge in [-0.15, -0.1) is 0 Å². The number of hydrogen-bond donors (Lipinski definition) is 1. The lowest BCUT2D eigenvalue weighted by Gasteiger charge is -2.32. The second-order valence-electron chi connectivity index (χ2n) is 8.11. The van der Waals surface area contributed by atoms with Gasteiger partial charge < -0.3 is 15.0 Å². The topological polar surface area (TPSA) is 96.0 Å². The molecule has 0 aliphatic rings. The van der Waals surface area contributed by atoms with Crippen LogP contribution in [-0.4, -0.2) is 57.1 Å². The maximum absolute atomic E-state index is 13.4. The Morgan fingerprint density at radius 2 is 1.76 bits per heavy atom. The summed E-state index contributed by atoms with van der Waals surface area (Å²) in [4.78, 5) is 27.6. The number of methoxy groups -OCH3 is 1. The first-order valence-electron chi connectivity index (χ1n) is 10.9. The van der Waals surface area contributed by atoms with E-state index in [1.165, 1.54) is 24.1 Å². The molecule has 0 fully saturated rings. The molecule has 8 nitrogen and oxygen atoms in total. The van der Waals surface area contributed by atoms with Crippen LogP contribution in [0.25, 0.3) is 0 Å². The number of sulfonamides is 1. The molecule has 0 unspecified atom stereocenters. The van der Waals surface area contributed by atoms with Crippen LogP contribution < -0.4 is 14.4 Å². The SMILES string of the molecule is CC[C@@H](C)NC(=O)[C@H](C)N(Cc1cccc(OC)c1)C(=O)CN(c1ccc(F)cc1)S(C)(=O)=O. The van der Waals surface area contributed by atoms with Crippen LogP contribution in [0.3, 0.4) is 0 Å². The summed E-state index contributed by atoms with van der Waals surface area (Å²) in [5.74, 6) is -0.869. The first-order valence-corrected chi connectivity index (χ1v) is 12.8. The fraction of sp³-hybridized carbons (Fsp3) is 0.417. The fourth-order valence-electron chi connectivity index (χ4n) is 3.24. The lowest BCUT2D eigenvalue weighted by atomic mass is 10.1. The van der Waals surface area contributed by atoms with Crippen molar-refractivity contribution in [3.63, 3.8) is 0 Å². The third-order valence-electron chi connectivity index (χ3n) is 5.45. The van der Waals surface area contributed by atoms with Gasteiger partial charge >= 0.3 is 0 Å². The maximum atomic E-state index is 13.4. The van der Waals surface area contributed by atoms with Crippen molar-refractivity contribution in [2.45, 2.75) is 45.8 Å². The number of hydrogen-bond acceptors (Lipinski definition) is 5. The second kappa shape index (κ2) is 11.8. The molecule has 0 saturated carbocycles. The minimum atomic E-state index is -3.87. The van der Waals surface area contributed by atoms with E-state index in [1.807, 2.05) is 13.8 Å². The van der Waals surface area contributed by atoms with Crippen molar-refractivity contribution in [2.24, 2.45) is 0 Å². The summed E-state index contributed by atoms with van der Waals surface area (Å²) in [6.45, 7) is 4.90. The molecule has 0 radical (unpaired) electrons. The summed E-state index contributed by atoms with van der Waals surface area (Å²) in [7, 11) is -2.34. The Labute approximate surface area is 200 Å². The second-order valence-corrected chi connectivity index (χ2v) is 10.0. The number of amides is 2. The largest absolute Gasteiger partial charge is 0.497 e. The Morgan fingerprint density at radius 1 is 1.12 bits per heavy atom. The summed E-state index contributed by atoms with van der Waals surface area (Å²) in [5, 5.41) is 2.86. The third kappa shape index (κ3) is 7.44. The standard InChI is InChI=1S/C24H32FN3O5S/c1-6-17(2)26-24(30)18(3)27(15-19-8-7-9-22(14-19)33-4)23(29)16-28(34(5,31)32)21-12-10-20(25)11-13-21/h7-14,17-18H,6,15-16H2,1-5H3,(H,26,30)/t17-,18+/m1/s1. The maximum Gasteiger partial charge on any atom is 0.244 e. The molecule has 0 heterocycles. The minimum Gasteiger partial charge on any atom is -0.497 e. The van der Waals surface area contributed by atoms with Gasteiger partial charge in [0.1, 0.15) is 24.2 Å². The Balaban J connectivity index is 2.39. The van der Waals surface area contributed by atoms with Crippen molar-refractivity contribution < 1.29 is 27.1 Å². The number of rotatable bonds is 11. The number of nitrogens with zero attached hydrogens (tertiary/aromatic N) is 2. The molecule has 0 aromatic heterocycles. The summed E-state index contributed by atoms with van der Waals surface area (Å²) in [6.07, 6.45) is 1.68. The number of benzene rings is 2. The zero-order valence-electron chi connectivity index (χ0n) is 20.1. The van der Waals surface area contributed by atoms with Crippen LogP contribution >= 0.6 is 0 Å². The first-order chi connectivity index (χ1) is 16.0. The molecule has 2 aromatic carbocycles. The van der Waals surface area contributed by atoms with Crippen LogP contribution in [0.2, 0.25) is 0 Å². The number of anilines is 1. The molecule has 0 bridgehead atoms. The predicted molar refractivity (Wildman–Crippen MR) is 129 cm³/mol. The van der Waals surface area contributed by atoms with Gasteiger partial charge in [0, 0.05) is 12.6 Å².